The van der Waals surface area contributed by atoms with E-state index in [1.165, 1.54) is 76.3 Å². The summed E-state index contributed by atoms with van der Waals surface area (Å²) in [7, 11) is -2.83. The minimum Gasteiger partial charge on any atom is -0.455 e. The number of unbranched alkanes of at least 4 members (excludes halogenated alkanes) is 8. The second-order valence-corrected chi connectivity index (χ2v) is 16.8. The summed E-state index contributed by atoms with van der Waals surface area (Å²) in [5.74, 6) is 0. The molecule has 21 heavy (non-hydrogen) atoms. The second-order valence-electron chi connectivity index (χ2n) is 7.95. The summed E-state index contributed by atoms with van der Waals surface area (Å²) < 4.78 is 6.72. The van der Waals surface area contributed by atoms with Crippen molar-refractivity contribution in [3.8, 4) is 0 Å². The molecule has 0 aliphatic carbocycles. The van der Waals surface area contributed by atoms with Crippen LogP contribution in [0.2, 0.25) is 38.3 Å². The molecule has 0 fully saturated rings. The summed E-state index contributed by atoms with van der Waals surface area (Å²) in [6, 6.07) is 2.73. The van der Waals surface area contributed by atoms with Gasteiger partial charge in [-0.15, -0.1) is 0 Å². The first-order valence-corrected chi connectivity index (χ1v) is 15.8. The SMILES string of the molecule is CCCCCCC[Si](C)(C)O[Si](C)(C)CCCCCCC. The van der Waals surface area contributed by atoms with Crippen molar-refractivity contribution in [2.75, 3.05) is 0 Å². The van der Waals surface area contributed by atoms with Gasteiger partial charge in [-0.05, 0) is 38.3 Å². The number of hydrogen-bond acceptors (Lipinski definition) is 1. The summed E-state index contributed by atoms with van der Waals surface area (Å²) in [6.45, 7) is 14.3. The van der Waals surface area contributed by atoms with Crippen LogP contribution in [-0.4, -0.2) is 16.6 Å². The summed E-state index contributed by atoms with van der Waals surface area (Å²) >= 11 is 0. The maximum Gasteiger partial charge on any atom is 0.173 e. The summed E-state index contributed by atoms with van der Waals surface area (Å²) in [5.41, 5.74) is 0. The molecule has 0 radical (unpaired) electrons. The Kier molecular flexibility index (Phi) is 12.1. The van der Waals surface area contributed by atoms with Crippen molar-refractivity contribution in [2.24, 2.45) is 0 Å². The molecule has 0 aromatic heterocycles. The maximum atomic E-state index is 6.72. The van der Waals surface area contributed by atoms with E-state index in [1.807, 2.05) is 0 Å². The molecule has 0 rings (SSSR count). The van der Waals surface area contributed by atoms with Crippen LogP contribution >= 0.6 is 0 Å². The largest absolute Gasteiger partial charge is 0.455 e. The molecule has 0 unspecified atom stereocenters. The molecule has 1 nitrogen and oxygen atoms in total. The number of rotatable bonds is 14. The predicted molar refractivity (Wildman–Crippen MR) is 103 cm³/mol. The van der Waals surface area contributed by atoms with Gasteiger partial charge < -0.3 is 4.12 Å². The highest BCUT2D eigenvalue weighted by Crippen LogP contribution is 2.25. The molecule has 0 saturated carbocycles. The monoisotopic (exact) mass is 330 g/mol. The van der Waals surface area contributed by atoms with Crippen LogP contribution < -0.4 is 0 Å². The van der Waals surface area contributed by atoms with Gasteiger partial charge in [-0.2, -0.15) is 0 Å². The lowest BCUT2D eigenvalue weighted by Gasteiger charge is -2.34. The highest BCUT2D eigenvalue weighted by atomic mass is 28.4. The molecule has 0 atom stereocenters. The second kappa shape index (κ2) is 11.9. The first kappa shape index (κ1) is 21.4. The minimum atomic E-state index is -1.41. The van der Waals surface area contributed by atoms with Gasteiger partial charge in [-0.3, -0.25) is 0 Å². The molecule has 0 spiro atoms. The third kappa shape index (κ3) is 13.8. The molecule has 0 aliphatic heterocycles. The Labute approximate surface area is 137 Å². The Hall–Kier alpha value is 0.394. The van der Waals surface area contributed by atoms with Gasteiger partial charge in [0, 0.05) is 0 Å². The van der Waals surface area contributed by atoms with E-state index in [2.05, 4.69) is 40.0 Å². The van der Waals surface area contributed by atoms with Gasteiger partial charge in [0.2, 0.25) is 0 Å². The van der Waals surface area contributed by atoms with Gasteiger partial charge in [0.25, 0.3) is 0 Å². The summed E-state index contributed by atoms with van der Waals surface area (Å²) in [5, 5.41) is 0. The van der Waals surface area contributed by atoms with Crippen LogP contribution in [0.1, 0.15) is 78.1 Å². The molecule has 0 amide bonds. The van der Waals surface area contributed by atoms with E-state index in [0.29, 0.717) is 0 Å². The van der Waals surface area contributed by atoms with E-state index < -0.39 is 16.6 Å². The zero-order chi connectivity index (χ0) is 16.2. The highest BCUT2D eigenvalue weighted by molar-refractivity contribution is 6.84. The average molecular weight is 331 g/mol. The van der Waals surface area contributed by atoms with E-state index in [1.54, 1.807) is 0 Å². The molecule has 0 aromatic carbocycles. The topological polar surface area (TPSA) is 9.23 Å². The zero-order valence-corrected chi connectivity index (χ0v) is 17.9. The lowest BCUT2D eigenvalue weighted by atomic mass is 10.2. The lowest BCUT2D eigenvalue weighted by Crippen LogP contribution is -2.44. The predicted octanol–water partition coefficient (Wildman–Crippen LogP) is 7.35. The molecule has 0 aliphatic rings. The van der Waals surface area contributed by atoms with Crippen molar-refractivity contribution in [3.05, 3.63) is 0 Å². The van der Waals surface area contributed by atoms with Crippen molar-refractivity contribution in [2.45, 2.75) is 116 Å². The molecular formula is C18H42OSi2. The van der Waals surface area contributed by atoms with Gasteiger partial charge in [-0.1, -0.05) is 78.1 Å². The van der Waals surface area contributed by atoms with E-state index in [-0.39, 0.29) is 0 Å². The first-order valence-electron chi connectivity index (χ1n) is 9.53. The molecule has 128 valence electrons. The zero-order valence-electron chi connectivity index (χ0n) is 15.9. The van der Waals surface area contributed by atoms with E-state index in [9.17, 15) is 0 Å². The third-order valence-electron chi connectivity index (χ3n) is 4.32. The molecule has 0 N–H and O–H groups in total. The van der Waals surface area contributed by atoms with Gasteiger partial charge in [0.15, 0.2) is 16.6 Å². The fourth-order valence-electron chi connectivity index (χ4n) is 3.16. The Balaban J connectivity index is 3.87. The van der Waals surface area contributed by atoms with Crippen molar-refractivity contribution < 1.29 is 4.12 Å². The molecule has 0 bridgehead atoms. The van der Waals surface area contributed by atoms with Crippen LogP contribution in [-0.2, 0) is 4.12 Å². The summed E-state index contributed by atoms with van der Waals surface area (Å²) in [4.78, 5) is 0. The van der Waals surface area contributed by atoms with Gasteiger partial charge in [0.05, 0.1) is 0 Å². The quantitative estimate of drug-likeness (QED) is 0.239. The minimum absolute atomic E-state index is 1.34. The van der Waals surface area contributed by atoms with Crippen molar-refractivity contribution in [1.29, 1.82) is 0 Å². The molecule has 0 aromatic rings. The molecular weight excluding hydrogens is 288 g/mol. The Morgan fingerprint density at radius 2 is 0.857 bits per heavy atom. The van der Waals surface area contributed by atoms with Crippen molar-refractivity contribution in [3.63, 3.8) is 0 Å². The van der Waals surface area contributed by atoms with Crippen LogP contribution in [0.5, 0.6) is 0 Å². The fourth-order valence-corrected chi connectivity index (χ4v) is 12.2. The van der Waals surface area contributed by atoms with E-state index in [0.717, 1.165) is 0 Å². The maximum absolute atomic E-state index is 6.72. The number of hydrogen-bond donors (Lipinski definition) is 0. The highest BCUT2D eigenvalue weighted by Gasteiger charge is 2.31. The summed E-state index contributed by atoms with van der Waals surface area (Å²) in [6.07, 6.45) is 13.9. The standard InChI is InChI=1S/C18H42OSi2/c1-7-9-11-13-15-17-20(3,4)19-21(5,6)18-16-14-12-10-8-2/h7-18H2,1-6H3. The smallest absolute Gasteiger partial charge is 0.173 e. The van der Waals surface area contributed by atoms with Gasteiger partial charge in [0.1, 0.15) is 0 Å². The van der Waals surface area contributed by atoms with Crippen LogP contribution in [0.3, 0.4) is 0 Å². The fraction of sp³-hybridized carbons (Fsp3) is 1.00. The van der Waals surface area contributed by atoms with Crippen LogP contribution in [0.15, 0.2) is 0 Å². The van der Waals surface area contributed by atoms with Crippen LogP contribution in [0.25, 0.3) is 0 Å². The molecule has 0 saturated heterocycles. The van der Waals surface area contributed by atoms with Gasteiger partial charge >= 0.3 is 0 Å². The van der Waals surface area contributed by atoms with Crippen LogP contribution in [0, 0.1) is 0 Å². The molecule has 0 heterocycles. The van der Waals surface area contributed by atoms with E-state index in [4.69, 9.17) is 4.12 Å². The Morgan fingerprint density at radius 3 is 1.19 bits per heavy atom. The van der Waals surface area contributed by atoms with E-state index >= 15 is 0 Å². The Morgan fingerprint density at radius 1 is 0.524 bits per heavy atom. The average Bonchev–Trinajstić information content (AvgIpc) is 2.36. The lowest BCUT2D eigenvalue weighted by molar-refractivity contribution is 0.521. The first-order chi connectivity index (χ1) is 9.83. The van der Waals surface area contributed by atoms with Crippen molar-refractivity contribution in [1.82, 2.24) is 0 Å². The van der Waals surface area contributed by atoms with Gasteiger partial charge in [-0.25, -0.2) is 0 Å². The Bertz CT molecular complexity index is 215. The third-order valence-corrected chi connectivity index (χ3v) is 11.9. The molecule has 3 heteroatoms. The normalized spacial score (nSPS) is 12.9. The van der Waals surface area contributed by atoms with Crippen molar-refractivity contribution >= 4 is 16.6 Å². The van der Waals surface area contributed by atoms with Crippen LogP contribution in [0.4, 0.5) is 0 Å².